The first-order valence-electron chi connectivity index (χ1n) is 4.59. The van der Waals surface area contributed by atoms with Gasteiger partial charge in [0.2, 0.25) is 0 Å². The van der Waals surface area contributed by atoms with Crippen LogP contribution in [0.25, 0.3) is 10.8 Å². The Hall–Kier alpha value is -0.763. The van der Waals surface area contributed by atoms with E-state index >= 15 is 0 Å². The first-order valence-corrected chi connectivity index (χ1v) is 4.59. The molecule has 0 amide bonds. The second-order valence-corrected chi connectivity index (χ2v) is 3.32. The van der Waals surface area contributed by atoms with Crippen LogP contribution >= 0.6 is 0 Å². The molecule has 2 aromatic carbocycles. The van der Waals surface area contributed by atoms with Crippen LogP contribution in [0.3, 0.4) is 0 Å². The Labute approximate surface area is 138 Å². The van der Waals surface area contributed by atoms with E-state index in [1.54, 1.807) is 30.3 Å². The van der Waals surface area contributed by atoms with E-state index in [2.05, 4.69) is 0 Å². The molecule has 0 saturated heterocycles. The summed E-state index contributed by atoms with van der Waals surface area (Å²) in [7, 11) is 0. The average Bonchev–Trinajstić information content (AvgIpc) is 2.27. The smallest absolute Gasteiger partial charge is 0.337 e. The third-order valence-electron chi connectivity index (χ3n) is 2.37. The summed E-state index contributed by atoms with van der Waals surface area (Å²) in [5.41, 5.74) is -0.350. The molecule has 0 bridgehead atoms. The van der Waals surface area contributed by atoms with Gasteiger partial charge in [-0.1, -0.05) is 30.3 Å². The summed E-state index contributed by atoms with van der Waals surface area (Å²) in [6, 6.07) is 9.72. The van der Waals surface area contributed by atoms with Crippen LogP contribution in [0.4, 0.5) is 0 Å². The Morgan fingerprint density at radius 3 is 2.12 bits per heavy atom. The molecule has 0 heterocycles. The first kappa shape index (κ1) is 14.3. The number of carboxylic acids is 2. The maximum Gasteiger partial charge on any atom is 0.337 e. The van der Waals surface area contributed by atoms with Crippen LogP contribution in [0.5, 0.6) is 0 Å². The maximum atomic E-state index is 11.1. The second kappa shape index (κ2) is 5.72. The molecule has 0 atom stereocenters. The third-order valence-corrected chi connectivity index (χ3v) is 2.37. The predicted octanol–water partition coefficient (Wildman–Crippen LogP) is 2.24. The molecule has 0 aromatic heterocycles. The molecule has 81 valence electrons. The minimum absolute atomic E-state index is 0. The van der Waals surface area contributed by atoms with E-state index in [0.29, 0.717) is 10.8 Å². The third kappa shape index (κ3) is 2.74. The fraction of sp³-hybridized carbons (Fsp3) is 0. The molecular formula is C12H8FrO4. The van der Waals surface area contributed by atoms with E-state index in [9.17, 15) is 9.59 Å². The van der Waals surface area contributed by atoms with Crippen LogP contribution in [0, 0.1) is 49.9 Å². The van der Waals surface area contributed by atoms with E-state index in [4.69, 9.17) is 10.2 Å². The van der Waals surface area contributed by atoms with Crippen LogP contribution in [0.1, 0.15) is 20.7 Å². The number of rotatable bonds is 2. The number of carboxylic acid groups (broad SMARTS) is 2. The zero-order chi connectivity index (χ0) is 11.7. The number of carbonyl (C=O) groups is 2. The summed E-state index contributed by atoms with van der Waals surface area (Å²) >= 11 is 0. The minimum Gasteiger partial charge on any atom is -0.478 e. The summed E-state index contributed by atoms with van der Waals surface area (Å²) in [6.45, 7) is 0. The van der Waals surface area contributed by atoms with Crippen molar-refractivity contribution in [2.24, 2.45) is 0 Å². The quantitative estimate of drug-likeness (QED) is 0.753. The fourth-order valence-electron chi connectivity index (χ4n) is 1.68. The number of aromatic carboxylic acids is 2. The zero-order valence-corrected chi connectivity index (χ0v) is 17.4. The molecular weight excluding hydrogens is 431 g/mol. The number of hydrogen-bond donors (Lipinski definition) is 2. The summed E-state index contributed by atoms with van der Waals surface area (Å²) in [6.07, 6.45) is 0. The van der Waals surface area contributed by atoms with Crippen LogP contribution in [-0.2, 0) is 0 Å². The molecule has 2 rings (SSSR count). The van der Waals surface area contributed by atoms with Crippen molar-refractivity contribution < 1.29 is 69.7 Å². The summed E-state index contributed by atoms with van der Waals surface area (Å²) in [5.74, 6) is -2.46. The monoisotopic (exact) mass is 439 g/mol. The largest absolute Gasteiger partial charge is 0.478 e. The van der Waals surface area contributed by atoms with E-state index in [1.165, 1.54) is 6.07 Å². The zero-order valence-electron chi connectivity index (χ0n) is 9.18. The number of fused-ring (bicyclic) bond motifs is 1. The van der Waals surface area contributed by atoms with Crippen molar-refractivity contribution in [1.29, 1.82) is 0 Å². The van der Waals surface area contributed by atoms with Crippen LogP contribution in [0.15, 0.2) is 36.4 Å². The summed E-state index contributed by atoms with van der Waals surface area (Å²) in [4.78, 5) is 22.0. The van der Waals surface area contributed by atoms with Crippen LogP contribution in [-0.4, -0.2) is 22.2 Å². The molecule has 4 nitrogen and oxygen atoms in total. The molecule has 0 aliphatic rings. The van der Waals surface area contributed by atoms with Crippen molar-refractivity contribution in [1.82, 2.24) is 0 Å². The normalized spacial score (nSPS) is 9.65. The van der Waals surface area contributed by atoms with Crippen molar-refractivity contribution >= 4 is 22.7 Å². The van der Waals surface area contributed by atoms with E-state index in [1.807, 2.05) is 0 Å². The van der Waals surface area contributed by atoms with Crippen molar-refractivity contribution in [2.75, 3.05) is 0 Å². The molecule has 0 spiro atoms. The van der Waals surface area contributed by atoms with Crippen molar-refractivity contribution in [3.8, 4) is 0 Å². The van der Waals surface area contributed by atoms with Gasteiger partial charge in [-0.15, -0.1) is 0 Å². The van der Waals surface area contributed by atoms with E-state index in [0.717, 1.165) is 0 Å². The van der Waals surface area contributed by atoms with Crippen molar-refractivity contribution in [3.05, 3.63) is 47.5 Å². The fourth-order valence-corrected chi connectivity index (χ4v) is 1.68. The van der Waals surface area contributed by atoms with Gasteiger partial charge < -0.3 is 10.2 Å². The Kier molecular flexibility index (Phi) is 4.81. The summed E-state index contributed by atoms with van der Waals surface area (Å²) in [5, 5.41) is 19.1. The van der Waals surface area contributed by atoms with Gasteiger partial charge in [0.15, 0.2) is 0 Å². The average molecular weight is 439 g/mol. The van der Waals surface area contributed by atoms with Gasteiger partial charge in [0, 0.05) is 49.9 Å². The minimum atomic E-state index is -1.23. The Morgan fingerprint density at radius 2 is 1.53 bits per heavy atom. The van der Waals surface area contributed by atoms with Gasteiger partial charge in [0.25, 0.3) is 0 Å². The van der Waals surface area contributed by atoms with Crippen molar-refractivity contribution in [2.45, 2.75) is 0 Å². The standard InChI is InChI=1S/C12H8O4.Fr/c13-11(14)9-6-5-7-3-1-2-4-8(7)10(9)12(15)16;/h1-6H,(H,13,14)(H,15,16);. The van der Waals surface area contributed by atoms with Crippen LogP contribution in [0.2, 0.25) is 0 Å². The van der Waals surface area contributed by atoms with Crippen molar-refractivity contribution in [3.63, 3.8) is 0 Å². The topological polar surface area (TPSA) is 74.6 Å². The molecule has 1 radical (unpaired) electrons. The van der Waals surface area contributed by atoms with E-state index < -0.39 is 11.9 Å². The second-order valence-electron chi connectivity index (χ2n) is 3.32. The molecule has 0 saturated carbocycles. The predicted molar refractivity (Wildman–Crippen MR) is 57.9 cm³/mol. The Balaban J connectivity index is 0.00000144. The van der Waals surface area contributed by atoms with Gasteiger partial charge in [-0.3, -0.25) is 0 Å². The molecule has 5 heteroatoms. The molecule has 17 heavy (non-hydrogen) atoms. The maximum absolute atomic E-state index is 11.1. The SMILES string of the molecule is O=C(O)c1ccc2ccccc2c1C(=O)O.[Fr]. The van der Waals surface area contributed by atoms with Gasteiger partial charge in [-0.05, 0) is 16.8 Å². The van der Waals surface area contributed by atoms with Gasteiger partial charge in [-0.25, -0.2) is 9.59 Å². The van der Waals surface area contributed by atoms with Gasteiger partial charge in [0.1, 0.15) is 0 Å². The van der Waals surface area contributed by atoms with E-state index in [-0.39, 0.29) is 61.0 Å². The van der Waals surface area contributed by atoms with Gasteiger partial charge in [0.05, 0.1) is 11.1 Å². The molecule has 0 fully saturated rings. The van der Waals surface area contributed by atoms with Crippen LogP contribution < -0.4 is 0 Å². The molecule has 2 N–H and O–H groups in total. The summed E-state index contributed by atoms with van der Waals surface area (Å²) < 4.78 is 0. The number of hydrogen-bond acceptors (Lipinski definition) is 2. The first-order chi connectivity index (χ1) is 7.61. The van der Waals surface area contributed by atoms with Gasteiger partial charge in [-0.2, -0.15) is 0 Å². The number of benzene rings is 2. The molecule has 0 unspecified atom stereocenters. The molecule has 0 aliphatic carbocycles. The molecule has 2 aromatic rings. The Morgan fingerprint density at radius 1 is 0.882 bits per heavy atom. The van der Waals surface area contributed by atoms with Gasteiger partial charge >= 0.3 is 11.9 Å². The Bertz CT molecular complexity index is 592. The molecule has 0 aliphatic heterocycles.